The predicted octanol–water partition coefficient (Wildman–Crippen LogP) is 1.11. The van der Waals surface area contributed by atoms with Crippen LogP contribution in [0.2, 0.25) is 0 Å². The maximum absolute atomic E-state index is 12.1. The highest BCUT2D eigenvalue weighted by molar-refractivity contribution is 5.81. The second-order valence-electron chi connectivity index (χ2n) is 4.94. The third-order valence-electron chi connectivity index (χ3n) is 3.22. The van der Waals surface area contributed by atoms with Gasteiger partial charge in [0.2, 0.25) is 5.91 Å². The van der Waals surface area contributed by atoms with E-state index in [1.807, 2.05) is 0 Å². The molecule has 0 spiro atoms. The van der Waals surface area contributed by atoms with Crippen molar-refractivity contribution in [3.63, 3.8) is 0 Å². The minimum atomic E-state index is -0.524. The Morgan fingerprint density at radius 2 is 2.14 bits per heavy atom. The molecule has 0 saturated carbocycles. The molecule has 1 amide bonds. The van der Waals surface area contributed by atoms with Gasteiger partial charge in [0.1, 0.15) is 0 Å². The summed E-state index contributed by atoms with van der Waals surface area (Å²) in [6.07, 6.45) is 1.35. The van der Waals surface area contributed by atoms with E-state index in [-0.39, 0.29) is 11.7 Å². The molecule has 0 aliphatic carbocycles. The van der Waals surface area contributed by atoms with E-state index in [1.54, 1.807) is 37.3 Å². The molecule has 6 nitrogen and oxygen atoms in total. The average molecular weight is 296 g/mol. The number of benzene rings is 1. The van der Waals surface area contributed by atoms with Gasteiger partial charge in [0.15, 0.2) is 11.5 Å². The quantitative estimate of drug-likeness (QED) is 0.702. The number of carbonyl (C=O) groups excluding carboxylic acids is 1. The number of hydrogen-bond donors (Lipinski definition) is 2. The van der Waals surface area contributed by atoms with Gasteiger partial charge >= 0.3 is 0 Å². The lowest BCUT2D eigenvalue weighted by Gasteiger charge is -2.21. The van der Waals surface area contributed by atoms with Crippen molar-refractivity contribution < 1.29 is 19.4 Å². The first-order chi connectivity index (χ1) is 9.99. The zero-order valence-electron chi connectivity index (χ0n) is 12.8. The summed E-state index contributed by atoms with van der Waals surface area (Å²) in [5.41, 5.74) is 6.75. The SMILES string of the molecule is COCCCC(N)C(=O)N(C)Cc1ccc(O)c(OC)c1. The van der Waals surface area contributed by atoms with Crippen LogP contribution >= 0.6 is 0 Å². The Hall–Kier alpha value is -1.79. The van der Waals surface area contributed by atoms with Crippen LogP contribution in [-0.2, 0) is 16.1 Å². The van der Waals surface area contributed by atoms with Crippen LogP contribution in [0.15, 0.2) is 18.2 Å². The van der Waals surface area contributed by atoms with Crippen molar-refractivity contribution in [1.29, 1.82) is 0 Å². The number of phenols is 1. The van der Waals surface area contributed by atoms with Gasteiger partial charge in [0, 0.05) is 27.3 Å². The zero-order chi connectivity index (χ0) is 15.8. The Kier molecular flexibility index (Phi) is 6.98. The molecule has 1 rings (SSSR count). The van der Waals surface area contributed by atoms with E-state index in [1.165, 1.54) is 7.11 Å². The number of aromatic hydroxyl groups is 1. The summed E-state index contributed by atoms with van der Waals surface area (Å²) >= 11 is 0. The highest BCUT2D eigenvalue weighted by atomic mass is 16.5. The van der Waals surface area contributed by atoms with E-state index < -0.39 is 6.04 Å². The maximum Gasteiger partial charge on any atom is 0.239 e. The van der Waals surface area contributed by atoms with E-state index in [0.29, 0.717) is 25.3 Å². The number of rotatable bonds is 8. The highest BCUT2D eigenvalue weighted by Gasteiger charge is 2.18. The lowest BCUT2D eigenvalue weighted by molar-refractivity contribution is -0.132. The van der Waals surface area contributed by atoms with E-state index in [0.717, 1.165) is 12.0 Å². The number of hydrogen-bond acceptors (Lipinski definition) is 5. The van der Waals surface area contributed by atoms with Crippen LogP contribution in [0.25, 0.3) is 0 Å². The fourth-order valence-electron chi connectivity index (χ4n) is 2.03. The fraction of sp³-hybridized carbons (Fsp3) is 0.533. The fourth-order valence-corrected chi connectivity index (χ4v) is 2.03. The molecule has 0 radical (unpaired) electrons. The highest BCUT2D eigenvalue weighted by Crippen LogP contribution is 2.26. The van der Waals surface area contributed by atoms with Gasteiger partial charge in [-0.1, -0.05) is 6.07 Å². The van der Waals surface area contributed by atoms with E-state index in [2.05, 4.69) is 0 Å². The van der Waals surface area contributed by atoms with E-state index >= 15 is 0 Å². The number of nitrogens with zero attached hydrogens (tertiary/aromatic N) is 1. The largest absolute Gasteiger partial charge is 0.504 e. The second-order valence-corrected chi connectivity index (χ2v) is 4.94. The molecule has 0 fully saturated rings. The topological polar surface area (TPSA) is 85.0 Å². The van der Waals surface area contributed by atoms with Crippen LogP contribution in [-0.4, -0.2) is 49.8 Å². The van der Waals surface area contributed by atoms with E-state index in [4.69, 9.17) is 15.2 Å². The Morgan fingerprint density at radius 3 is 2.76 bits per heavy atom. The molecule has 21 heavy (non-hydrogen) atoms. The van der Waals surface area contributed by atoms with Crippen molar-refractivity contribution in [1.82, 2.24) is 4.90 Å². The molecule has 1 unspecified atom stereocenters. The van der Waals surface area contributed by atoms with Crippen LogP contribution in [0.5, 0.6) is 11.5 Å². The summed E-state index contributed by atoms with van der Waals surface area (Å²) < 4.78 is 10.00. The number of methoxy groups -OCH3 is 2. The van der Waals surface area contributed by atoms with Gasteiger partial charge in [-0.25, -0.2) is 0 Å². The molecule has 0 aromatic heterocycles. The van der Waals surface area contributed by atoms with Crippen LogP contribution in [0.4, 0.5) is 0 Å². The summed E-state index contributed by atoms with van der Waals surface area (Å²) in [6.45, 7) is 1.01. The summed E-state index contributed by atoms with van der Waals surface area (Å²) in [6, 6.07) is 4.47. The number of amides is 1. The molecule has 118 valence electrons. The smallest absolute Gasteiger partial charge is 0.239 e. The zero-order valence-corrected chi connectivity index (χ0v) is 12.8. The Morgan fingerprint density at radius 1 is 1.43 bits per heavy atom. The van der Waals surface area contributed by atoms with Crippen molar-refractivity contribution >= 4 is 5.91 Å². The first-order valence-electron chi connectivity index (χ1n) is 6.85. The van der Waals surface area contributed by atoms with Crippen LogP contribution in [0, 0.1) is 0 Å². The van der Waals surface area contributed by atoms with Gasteiger partial charge < -0.3 is 25.2 Å². The minimum Gasteiger partial charge on any atom is -0.504 e. The normalized spacial score (nSPS) is 12.0. The average Bonchev–Trinajstić information content (AvgIpc) is 2.48. The molecule has 0 heterocycles. The van der Waals surface area contributed by atoms with Crippen LogP contribution < -0.4 is 10.5 Å². The third kappa shape index (κ3) is 5.24. The summed E-state index contributed by atoms with van der Waals surface area (Å²) in [4.78, 5) is 13.7. The molecule has 1 atom stereocenters. The molecule has 0 aliphatic heterocycles. The monoisotopic (exact) mass is 296 g/mol. The van der Waals surface area contributed by atoms with Gasteiger partial charge in [-0.05, 0) is 30.5 Å². The van der Waals surface area contributed by atoms with Gasteiger partial charge in [-0.15, -0.1) is 0 Å². The standard InChI is InChI=1S/C15H24N2O4/c1-17(15(19)12(16)5-4-8-20-2)10-11-6-7-13(18)14(9-11)21-3/h6-7,9,12,18H,4-5,8,10,16H2,1-3H3. The lowest BCUT2D eigenvalue weighted by atomic mass is 10.1. The molecule has 0 bridgehead atoms. The van der Waals surface area contributed by atoms with Gasteiger partial charge in [0.05, 0.1) is 13.2 Å². The van der Waals surface area contributed by atoms with Gasteiger partial charge in [-0.3, -0.25) is 4.79 Å². The van der Waals surface area contributed by atoms with Crippen LogP contribution in [0.3, 0.4) is 0 Å². The Labute approximate surface area is 125 Å². The number of nitrogens with two attached hydrogens (primary N) is 1. The van der Waals surface area contributed by atoms with Crippen molar-refractivity contribution in [3.8, 4) is 11.5 Å². The second kappa shape index (κ2) is 8.49. The van der Waals surface area contributed by atoms with Crippen molar-refractivity contribution in [2.75, 3.05) is 27.9 Å². The molecule has 0 saturated heterocycles. The molecule has 0 aliphatic rings. The molecular formula is C15H24N2O4. The van der Waals surface area contributed by atoms with Gasteiger partial charge in [0.25, 0.3) is 0 Å². The molecule has 6 heteroatoms. The summed E-state index contributed by atoms with van der Waals surface area (Å²) in [7, 11) is 4.81. The lowest BCUT2D eigenvalue weighted by Crippen LogP contribution is -2.41. The van der Waals surface area contributed by atoms with E-state index in [9.17, 15) is 9.90 Å². The number of likely N-dealkylation sites (N-methyl/N-ethyl adjacent to an activating group) is 1. The summed E-state index contributed by atoms with van der Waals surface area (Å²) in [5.74, 6) is 0.349. The van der Waals surface area contributed by atoms with Crippen molar-refractivity contribution in [2.45, 2.75) is 25.4 Å². The first kappa shape index (κ1) is 17.3. The van der Waals surface area contributed by atoms with Crippen molar-refractivity contribution in [3.05, 3.63) is 23.8 Å². The maximum atomic E-state index is 12.1. The summed E-state index contributed by atoms with van der Waals surface area (Å²) in [5, 5.41) is 9.55. The first-order valence-corrected chi connectivity index (χ1v) is 6.85. The van der Waals surface area contributed by atoms with Crippen molar-refractivity contribution in [2.24, 2.45) is 5.73 Å². The Bertz CT molecular complexity index is 465. The third-order valence-corrected chi connectivity index (χ3v) is 3.22. The molecule has 1 aromatic carbocycles. The predicted molar refractivity (Wildman–Crippen MR) is 80.2 cm³/mol. The number of carbonyl (C=O) groups is 1. The minimum absolute atomic E-state index is 0.0755. The molecule has 1 aromatic rings. The number of ether oxygens (including phenoxy) is 2. The van der Waals surface area contributed by atoms with Crippen LogP contribution in [0.1, 0.15) is 18.4 Å². The Balaban J connectivity index is 2.59. The molecule has 3 N–H and O–H groups in total. The molecular weight excluding hydrogens is 272 g/mol. The number of phenolic OH excluding ortho intramolecular Hbond substituents is 1. The van der Waals surface area contributed by atoms with Gasteiger partial charge in [-0.2, -0.15) is 0 Å².